The number of aliphatic hydroxyl groups excluding tert-OH is 1. The van der Waals surface area contributed by atoms with Crippen molar-refractivity contribution >= 4 is 17.7 Å². The van der Waals surface area contributed by atoms with Crippen molar-refractivity contribution in [3.63, 3.8) is 0 Å². The second-order valence-corrected chi connectivity index (χ2v) is 4.47. The number of hydrogen-bond donors (Lipinski definition) is 1. The maximum absolute atomic E-state index is 10.9. The average Bonchev–Trinajstić information content (AvgIpc) is 2.02. The lowest BCUT2D eigenvalue weighted by Crippen LogP contribution is -2.23. The summed E-state index contributed by atoms with van der Waals surface area (Å²) in [6.07, 6.45) is -0.401. The molecule has 1 N–H and O–H groups in total. The van der Waals surface area contributed by atoms with Gasteiger partial charge in [-0.3, -0.25) is 4.79 Å². The Morgan fingerprint density at radius 1 is 1.42 bits per heavy atom. The van der Waals surface area contributed by atoms with E-state index < -0.39 is 6.10 Å². The predicted molar refractivity (Wildman–Crippen MR) is 50.2 cm³/mol. The Morgan fingerprint density at radius 3 is 2.25 bits per heavy atom. The third-order valence-electron chi connectivity index (χ3n) is 1.63. The fourth-order valence-corrected chi connectivity index (χ4v) is 1.74. The number of carbonyl (C=O) groups excluding carboxylic acids is 1. The second-order valence-electron chi connectivity index (χ2n) is 2.75. The Bertz CT molecular complexity index is 147. The summed E-state index contributed by atoms with van der Waals surface area (Å²) in [6, 6.07) is 0. The molecule has 72 valence electrons. The van der Waals surface area contributed by atoms with Crippen LogP contribution in [0.25, 0.3) is 0 Å². The van der Waals surface area contributed by atoms with E-state index in [1.807, 2.05) is 6.92 Å². The van der Waals surface area contributed by atoms with Crippen LogP contribution in [0.1, 0.15) is 20.8 Å². The Morgan fingerprint density at radius 2 is 1.92 bits per heavy atom. The topological polar surface area (TPSA) is 46.5 Å². The summed E-state index contributed by atoms with van der Waals surface area (Å²) in [5.74, 6) is -0.243. The Balaban J connectivity index is 3.83. The largest absolute Gasteiger partial charge is 0.468 e. The summed E-state index contributed by atoms with van der Waals surface area (Å²) in [7, 11) is 1.37. The van der Waals surface area contributed by atoms with Crippen LogP contribution < -0.4 is 0 Å². The lowest BCUT2D eigenvalue weighted by molar-refractivity contribution is -0.139. The fourth-order valence-electron chi connectivity index (χ4n) is 0.657. The smallest absolute Gasteiger partial charge is 0.318 e. The van der Waals surface area contributed by atoms with Gasteiger partial charge in [-0.25, -0.2) is 0 Å². The van der Waals surface area contributed by atoms with Crippen LogP contribution in [-0.2, 0) is 9.53 Å². The molecule has 0 amide bonds. The van der Waals surface area contributed by atoms with Crippen LogP contribution in [-0.4, -0.2) is 34.8 Å². The molecule has 0 saturated carbocycles. The van der Waals surface area contributed by atoms with E-state index in [0.29, 0.717) is 0 Å². The van der Waals surface area contributed by atoms with Gasteiger partial charge < -0.3 is 9.84 Å². The summed E-state index contributed by atoms with van der Waals surface area (Å²) in [5, 5.41) is 9.00. The average molecular weight is 192 g/mol. The summed E-state index contributed by atoms with van der Waals surface area (Å²) in [5.41, 5.74) is 0. The van der Waals surface area contributed by atoms with Gasteiger partial charge in [-0.1, -0.05) is 6.92 Å². The number of ether oxygens (including phenoxy) is 1. The van der Waals surface area contributed by atoms with Crippen LogP contribution in [0.3, 0.4) is 0 Å². The molecule has 3 unspecified atom stereocenters. The molecule has 0 aromatic heterocycles. The van der Waals surface area contributed by atoms with Crippen LogP contribution in [0.5, 0.6) is 0 Å². The molecule has 4 heteroatoms. The number of hydrogen-bond acceptors (Lipinski definition) is 4. The third-order valence-corrected chi connectivity index (χ3v) is 3.06. The molecule has 3 nitrogen and oxygen atoms in total. The van der Waals surface area contributed by atoms with E-state index in [9.17, 15) is 4.79 Å². The number of aliphatic hydroxyl groups is 1. The number of rotatable bonds is 4. The molecule has 0 bridgehead atoms. The van der Waals surface area contributed by atoms with Gasteiger partial charge in [0.2, 0.25) is 0 Å². The van der Waals surface area contributed by atoms with Crippen molar-refractivity contribution in [3.05, 3.63) is 0 Å². The highest BCUT2D eigenvalue weighted by molar-refractivity contribution is 8.01. The highest BCUT2D eigenvalue weighted by Gasteiger charge is 2.19. The van der Waals surface area contributed by atoms with Crippen LogP contribution in [0.15, 0.2) is 0 Å². The van der Waals surface area contributed by atoms with Crippen LogP contribution in [0.2, 0.25) is 0 Å². The first-order chi connectivity index (χ1) is 5.49. The Kier molecular flexibility index (Phi) is 5.33. The normalized spacial score (nSPS) is 18.1. The van der Waals surface area contributed by atoms with Crippen molar-refractivity contribution in [2.75, 3.05) is 7.11 Å². The monoisotopic (exact) mass is 192 g/mol. The molecule has 0 aromatic rings. The van der Waals surface area contributed by atoms with Gasteiger partial charge in [0.15, 0.2) is 0 Å². The molecule has 0 spiro atoms. The van der Waals surface area contributed by atoms with E-state index in [2.05, 4.69) is 4.74 Å². The zero-order valence-corrected chi connectivity index (χ0v) is 8.72. The third kappa shape index (κ3) is 3.97. The molecule has 0 radical (unpaired) electrons. The first-order valence-corrected chi connectivity index (χ1v) is 4.84. The summed E-state index contributed by atoms with van der Waals surface area (Å²) < 4.78 is 4.55. The minimum Gasteiger partial charge on any atom is -0.468 e. The zero-order valence-electron chi connectivity index (χ0n) is 7.90. The quantitative estimate of drug-likeness (QED) is 0.676. The van der Waals surface area contributed by atoms with Crippen LogP contribution >= 0.6 is 11.8 Å². The predicted octanol–water partition coefficient (Wildman–Crippen LogP) is 1.05. The molecule has 0 aliphatic carbocycles. The molecule has 12 heavy (non-hydrogen) atoms. The van der Waals surface area contributed by atoms with E-state index >= 15 is 0 Å². The summed E-state index contributed by atoms with van der Waals surface area (Å²) >= 11 is 1.42. The second kappa shape index (κ2) is 5.43. The Labute approximate surface area is 77.5 Å². The van der Waals surface area contributed by atoms with Crippen molar-refractivity contribution in [1.82, 2.24) is 0 Å². The van der Waals surface area contributed by atoms with Gasteiger partial charge in [-0.15, -0.1) is 11.8 Å². The van der Waals surface area contributed by atoms with Crippen molar-refractivity contribution in [3.8, 4) is 0 Å². The van der Waals surface area contributed by atoms with E-state index in [4.69, 9.17) is 5.11 Å². The summed E-state index contributed by atoms with van der Waals surface area (Å²) in [6.45, 7) is 5.37. The molecular formula is C8H16O3S. The highest BCUT2D eigenvalue weighted by atomic mass is 32.2. The minimum atomic E-state index is -0.401. The van der Waals surface area contributed by atoms with Crippen molar-refractivity contribution in [2.24, 2.45) is 0 Å². The van der Waals surface area contributed by atoms with E-state index in [1.54, 1.807) is 13.8 Å². The first-order valence-electron chi connectivity index (χ1n) is 3.90. The van der Waals surface area contributed by atoms with Crippen molar-refractivity contribution in [1.29, 1.82) is 0 Å². The standard InChI is InChI=1S/C8H16O3S/c1-5(9)6(2)12-7(3)8(10)11-4/h5-7,9H,1-4H3. The maximum atomic E-state index is 10.9. The van der Waals surface area contributed by atoms with Gasteiger partial charge in [0.05, 0.1) is 18.5 Å². The lowest BCUT2D eigenvalue weighted by Gasteiger charge is -2.17. The molecule has 3 atom stereocenters. The van der Waals surface area contributed by atoms with Gasteiger partial charge in [0.25, 0.3) is 0 Å². The van der Waals surface area contributed by atoms with Gasteiger partial charge in [-0.2, -0.15) is 0 Å². The van der Waals surface area contributed by atoms with Gasteiger partial charge in [0, 0.05) is 5.25 Å². The van der Waals surface area contributed by atoms with Gasteiger partial charge in [0.1, 0.15) is 0 Å². The fraction of sp³-hybridized carbons (Fsp3) is 0.875. The molecule has 0 saturated heterocycles. The first kappa shape index (κ1) is 11.8. The molecule has 0 aromatic carbocycles. The number of thioether (sulfide) groups is 1. The van der Waals surface area contributed by atoms with Crippen LogP contribution in [0.4, 0.5) is 0 Å². The van der Waals surface area contributed by atoms with Crippen LogP contribution in [0, 0.1) is 0 Å². The molecule has 0 aliphatic heterocycles. The summed E-state index contributed by atoms with van der Waals surface area (Å²) in [4.78, 5) is 10.9. The van der Waals surface area contributed by atoms with Crippen molar-refractivity contribution in [2.45, 2.75) is 37.4 Å². The SMILES string of the molecule is COC(=O)C(C)SC(C)C(C)O. The molecule has 0 heterocycles. The maximum Gasteiger partial charge on any atom is 0.318 e. The number of esters is 1. The zero-order chi connectivity index (χ0) is 9.72. The number of methoxy groups -OCH3 is 1. The van der Waals surface area contributed by atoms with Gasteiger partial charge >= 0.3 is 5.97 Å². The van der Waals surface area contributed by atoms with E-state index in [0.717, 1.165) is 0 Å². The highest BCUT2D eigenvalue weighted by Crippen LogP contribution is 2.20. The Hall–Kier alpha value is -0.220. The minimum absolute atomic E-state index is 0.0547. The van der Waals surface area contributed by atoms with Gasteiger partial charge in [-0.05, 0) is 13.8 Å². The molecular weight excluding hydrogens is 176 g/mol. The molecule has 0 fully saturated rings. The molecule has 0 aliphatic rings. The van der Waals surface area contributed by atoms with Crippen molar-refractivity contribution < 1.29 is 14.6 Å². The van der Waals surface area contributed by atoms with E-state index in [1.165, 1.54) is 18.9 Å². The number of carbonyl (C=O) groups is 1. The van der Waals surface area contributed by atoms with E-state index in [-0.39, 0.29) is 16.5 Å². The lowest BCUT2D eigenvalue weighted by atomic mass is 10.3. The molecule has 0 rings (SSSR count).